The SMILES string of the molecule is COc1c(Cl)cc(Cl)cc1/C(O)=C1\C(=O)C(=O)N(CCc2c[nH]c3ccccc23)C1c1cccc(O)c1. The largest absolute Gasteiger partial charge is 0.508 e. The number of phenolic OH excluding ortho intramolecular Hbond substituents is 1. The van der Waals surface area contributed by atoms with E-state index in [0.717, 1.165) is 16.5 Å². The Morgan fingerprint density at radius 3 is 2.62 bits per heavy atom. The van der Waals surface area contributed by atoms with E-state index in [0.29, 0.717) is 12.0 Å². The summed E-state index contributed by atoms with van der Waals surface area (Å²) in [5.41, 5.74) is 2.35. The van der Waals surface area contributed by atoms with Gasteiger partial charge in [-0.1, -0.05) is 53.5 Å². The van der Waals surface area contributed by atoms with Gasteiger partial charge in [0.05, 0.1) is 29.3 Å². The number of ether oxygens (including phenoxy) is 1. The Morgan fingerprint density at radius 1 is 1.08 bits per heavy atom. The summed E-state index contributed by atoms with van der Waals surface area (Å²) in [6.07, 6.45) is 2.34. The molecule has 0 aliphatic carbocycles. The second kappa shape index (κ2) is 9.84. The topological polar surface area (TPSA) is 103 Å². The standard InChI is InChI=1S/C28H22Cl2N2O5/c1-37-27-20(12-17(29)13-21(27)30)25(34)23-24(15-5-4-6-18(33)11-15)32(28(36)26(23)35)10-9-16-14-31-22-8-3-2-7-19(16)22/h2-8,11-14,24,31,33-34H,9-10H2,1H3/b25-23+. The summed E-state index contributed by atoms with van der Waals surface area (Å²) in [5, 5.41) is 22.9. The molecule has 5 rings (SSSR count). The van der Waals surface area contributed by atoms with E-state index in [4.69, 9.17) is 27.9 Å². The lowest BCUT2D eigenvalue weighted by atomic mass is 9.94. The number of carbonyl (C=O) groups excluding carboxylic acids is 2. The number of likely N-dealkylation sites (tertiary alicyclic amines) is 1. The molecule has 0 radical (unpaired) electrons. The summed E-state index contributed by atoms with van der Waals surface area (Å²) in [5.74, 6) is -2.02. The summed E-state index contributed by atoms with van der Waals surface area (Å²) in [4.78, 5) is 31.3. The maximum absolute atomic E-state index is 13.4. The van der Waals surface area contributed by atoms with Gasteiger partial charge in [-0.05, 0) is 47.9 Å². The summed E-state index contributed by atoms with van der Waals surface area (Å²) in [6.45, 7) is 0.191. The normalized spacial score (nSPS) is 17.1. The first-order valence-corrected chi connectivity index (χ1v) is 12.2. The van der Waals surface area contributed by atoms with Gasteiger partial charge in [0.15, 0.2) is 0 Å². The van der Waals surface area contributed by atoms with Crippen LogP contribution in [0.3, 0.4) is 0 Å². The van der Waals surface area contributed by atoms with Crippen molar-refractivity contribution < 1.29 is 24.5 Å². The maximum atomic E-state index is 13.4. The number of halogens is 2. The number of methoxy groups -OCH3 is 1. The number of hydrogen-bond donors (Lipinski definition) is 3. The molecule has 37 heavy (non-hydrogen) atoms. The monoisotopic (exact) mass is 536 g/mol. The van der Waals surface area contributed by atoms with Crippen molar-refractivity contribution in [2.45, 2.75) is 12.5 Å². The summed E-state index contributed by atoms with van der Waals surface area (Å²) in [7, 11) is 1.37. The van der Waals surface area contributed by atoms with Crippen molar-refractivity contribution in [2.24, 2.45) is 0 Å². The number of aromatic amines is 1. The number of phenols is 1. The molecule has 1 unspecified atom stereocenters. The lowest BCUT2D eigenvalue weighted by molar-refractivity contribution is -0.139. The van der Waals surface area contributed by atoms with Gasteiger partial charge < -0.3 is 24.8 Å². The van der Waals surface area contributed by atoms with Crippen LogP contribution in [0.25, 0.3) is 16.7 Å². The predicted molar refractivity (Wildman–Crippen MR) is 142 cm³/mol. The van der Waals surface area contributed by atoms with Crippen LogP contribution in [0.5, 0.6) is 11.5 Å². The first-order valence-electron chi connectivity index (χ1n) is 11.5. The molecule has 1 aromatic heterocycles. The van der Waals surface area contributed by atoms with Crippen molar-refractivity contribution in [3.63, 3.8) is 0 Å². The van der Waals surface area contributed by atoms with Crippen LogP contribution in [-0.4, -0.2) is 45.4 Å². The highest BCUT2D eigenvalue weighted by atomic mass is 35.5. The molecule has 0 bridgehead atoms. The second-order valence-electron chi connectivity index (χ2n) is 8.67. The van der Waals surface area contributed by atoms with Crippen LogP contribution < -0.4 is 4.74 Å². The van der Waals surface area contributed by atoms with Crippen molar-refractivity contribution in [1.82, 2.24) is 9.88 Å². The van der Waals surface area contributed by atoms with Crippen LogP contribution in [0.4, 0.5) is 0 Å². The van der Waals surface area contributed by atoms with Gasteiger partial charge in [0.25, 0.3) is 11.7 Å². The quantitative estimate of drug-likeness (QED) is 0.163. The van der Waals surface area contributed by atoms with E-state index in [1.807, 2.05) is 30.5 Å². The molecule has 0 saturated carbocycles. The van der Waals surface area contributed by atoms with Gasteiger partial charge >= 0.3 is 0 Å². The van der Waals surface area contributed by atoms with Crippen LogP contribution in [0.2, 0.25) is 10.0 Å². The van der Waals surface area contributed by atoms with Crippen LogP contribution in [-0.2, 0) is 16.0 Å². The number of aromatic hydroxyl groups is 1. The third-order valence-electron chi connectivity index (χ3n) is 6.49. The number of rotatable bonds is 6. The van der Waals surface area contributed by atoms with E-state index in [1.54, 1.807) is 12.1 Å². The molecular weight excluding hydrogens is 515 g/mol. The van der Waals surface area contributed by atoms with E-state index in [2.05, 4.69) is 4.98 Å². The van der Waals surface area contributed by atoms with Crippen molar-refractivity contribution in [3.05, 3.63) is 99.2 Å². The molecule has 3 N–H and O–H groups in total. The van der Waals surface area contributed by atoms with Crippen LogP contribution in [0.15, 0.2) is 72.4 Å². The molecule has 3 aromatic carbocycles. The van der Waals surface area contributed by atoms with Crippen molar-refractivity contribution >= 4 is 51.6 Å². The first kappa shape index (κ1) is 24.7. The van der Waals surface area contributed by atoms with E-state index in [-0.39, 0.29) is 39.2 Å². The number of aliphatic hydroxyl groups is 1. The van der Waals surface area contributed by atoms with E-state index in [1.165, 1.54) is 36.3 Å². The van der Waals surface area contributed by atoms with Gasteiger partial charge in [-0.2, -0.15) is 0 Å². The Hall–Kier alpha value is -3.94. The minimum Gasteiger partial charge on any atom is -0.508 e. The van der Waals surface area contributed by atoms with Crippen molar-refractivity contribution in [3.8, 4) is 11.5 Å². The lowest BCUT2D eigenvalue weighted by Gasteiger charge is -2.25. The Bertz CT molecular complexity index is 1580. The number of aliphatic hydroxyl groups excluding tert-OH is 1. The molecular formula is C28H22Cl2N2O5. The van der Waals surface area contributed by atoms with Gasteiger partial charge in [-0.25, -0.2) is 0 Å². The lowest BCUT2D eigenvalue weighted by Crippen LogP contribution is -2.31. The Labute approximate surface area is 222 Å². The number of carbonyl (C=O) groups is 2. The van der Waals surface area contributed by atoms with Gasteiger partial charge in [0, 0.05) is 28.7 Å². The molecule has 1 atom stereocenters. The number of aromatic nitrogens is 1. The maximum Gasteiger partial charge on any atom is 0.295 e. The number of fused-ring (bicyclic) bond motifs is 1. The zero-order valence-corrected chi connectivity index (χ0v) is 21.2. The fourth-order valence-electron chi connectivity index (χ4n) is 4.82. The van der Waals surface area contributed by atoms with Gasteiger partial charge in [0.1, 0.15) is 17.3 Å². The molecule has 1 aliphatic rings. The number of amides is 1. The highest BCUT2D eigenvalue weighted by molar-refractivity contribution is 6.46. The van der Waals surface area contributed by atoms with Crippen molar-refractivity contribution in [1.29, 1.82) is 0 Å². The molecule has 1 amide bonds. The fraction of sp³-hybridized carbons (Fsp3) is 0.143. The number of H-pyrrole nitrogens is 1. The van der Waals surface area contributed by atoms with E-state index < -0.39 is 23.5 Å². The van der Waals surface area contributed by atoms with Gasteiger partial charge in [0.2, 0.25) is 0 Å². The Morgan fingerprint density at radius 2 is 1.86 bits per heavy atom. The zero-order valence-electron chi connectivity index (χ0n) is 19.7. The average Bonchev–Trinajstić information content (AvgIpc) is 3.40. The number of benzene rings is 3. The first-order chi connectivity index (χ1) is 17.8. The summed E-state index contributed by atoms with van der Waals surface area (Å²) >= 11 is 12.4. The molecule has 2 heterocycles. The highest BCUT2D eigenvalue weighted by Crippen LogP contribution is 2.43. The van der Waals surface area contributed by atoms with E-state index >= 15 is 0 Å². The third-order valence-corrected chi connectivity index (χ3v) is 6.99. The van der Waals surface area contributed by atoms with Crippen molar-refractivity contribution in [2.75, 3.05) is 13.7 Å². The zero-order chi connectivity index (χ0) is 26.3. The molecule has 9 heteroatoms. The molecule has 1 saturated heterocycles. The predicted octanol–water partition coefficient (Wildman–Crippen LogP) is 5.85. The van der Waals surface area contributed by atoms with Crippen LogP contribution >= 0.6 is 23.2 Å². The average molecular weight is 537 g/mol. The van der Waals surface area contributed by atoms with E-state index in [9.17, 15) is 19.8 Å². The molecule has 1 fully saturated rings. The fourth-order valence-corrected chi connectivity index (χ4v) is 5.39. The molecule has 1 aliphatic heterocycles. The number of para-hydroxylation sites is 1. The summed E-state index contributed by atoms with van der Waals surface area (Å²) < 4.78 is 5.36. The van der Waals surface area contributed by atoms with Crippen LogP contribution in [0, 0.1) is 0 Å². The third kappa shape index (κ3) is 4.41. The van der Waals surface area contributed by atoms with Gasteiger partial charge in [-0.3, -0.25) is 9.59 Å². The second-order valence-corrected chi connectivity index (χ2v) is 9.51. The molecule has 188 valence electrons. The Kier molecular flexibility index (Phi) is 6.58. The molecule has 7 nitrogen and oxygen atoms in total. The highest BCUT2D eigenvalue weighted by Gasteiger charge is 2.46. The van der Waals surface area contributed by atoms with Crippen LogP contribution in [0.1, 0.15) is 22.7 Å². The molecule has 4 aromatic rings. The minimum absolute atomic E-state index is 0.0388. The number of hydrogen-bond acceptors (Lipinski definition) is 5. The molecule has 0 spiro atoms. The number of nitrogens with one attached hydrogen (secondary N) is 1. The summed E-state index contributed by atoms with van der Waals surface area (Å²) in [6, 6.07) is 16.0. The minimum atomic E-state index is -0.959. The Balaban J connectivity index is 1.63. The van der Waals surface area contributed by atoms with Gasteiger partial charge in [-0.15, -0.1) is 0 Å². The number of Topliss-reactive ketones (excluding diaryl/α,β-unsaturated/α-hetero) is 1. The number of ketones is 1. The number of nitrogens with zero attached hydrogens (tertiary/aromatic N) is 1. The smallest absolute Gasteiger partial charge is 0.295 e.